The van der Waals surface area contributed by atoms with Gasteiger partial charge in [-0.05, 0) is 139 Å². The largest absolute Gasteiger partial charge is 0.365 e. The van der Waals surface area contributed by atoms with E-state index in [2.05, 4.69) is 70.8 Å². The van der Waals surface area contributed by atoms with Crippen LogP contribution in [0.2, 0.25) is 0 Å². The number of amides is 1. The normalized spacial score (nSPS) is 38.3. The Balaban J connectivity index is 1.01. The predicted molar refractivity (Wildman–Crippen MR) is 192 cm³/mol. The summed E-state index contributed by atoms with van der Waals surface area (Å²) in [6.07, 6.45) is 12.1. The molecule has 3 N–H and O–H groups in total. The quantitative estimate of drug-likeness (QED) is 0.100. The average molecular weight is 754 g/mol. The zero-order valence-corrected chi connectivity index (χ0v) is 30.7. The van der Waals surface area contributed by atoms with Gasteiger partial charge < -0.3 is 15.9 Å². The van der Waals surface area contributed by atoms with Gasteiger partial charge in [0.05, 0.1) is 11.7 Å². The number of hydrogen-bond acceptors (Lipinski definition) is 6. The maximum Gasteiger partial charge on any atom is 0.220 e. The predicted octanol–water partition coefficient (Wildman–Crippen LogP) is 7.23. The number of aryl methyl sites for hydroxylation is 1. The Kier molecular flexibility index (Phi) is 9.22. The summed E-state index contributed by atoms with van der Waals surface area (Å²) < 4.78 is 8.29. The lowest BCUT2D eigenvalue weighted by Crippen LogP contribution is -2.54. The van der Waals surface area contributed by atoms with Crippen molar-refractivity contribution < 1.29 is 14.3 Å². The fourth-order valence-corrected chi connectivity index (χ4v) is 11.9. The Bertz CT molecular complexity index is 1520. The summed E-state index contributed by atoms with van der Waals surface area (Å²) in [6.45, 7) is 12.3. The molecule has 9 heteroatoms. The first-order chi connectivity index (χ1) is 22.5. The number of carbonyl (C=O) groups excluding carboxylic acids is 2. The Morgan fingerprint density at radius 1 is 1.21 bits per heavy atom. The Morgan fingerprint density at radius 3 is 2.83 bits per heavy atom. The molecule has 7 rings (SSSR count). The zero-order valence-electron chi connectivity index (χ0n) is 28.6. The van der Waals surface area contributed by atoms with Crippen molar-refractivity contribution in [3.05, 3.63) is 50.1 Å². The first-order valence-electron chi connectivity index (χ1n) is 18.1. The van der Waals surface area contributed by atoms with Crippen molar-refractivity contribution in [1.82, 2.24) is 10.2 Å². The van der Waals surface area contributed by atoms with E-state index in [1.165, 1.54) is 24.8 Å². The molecule has 1 aromatic carbocycles. The van der Waals surface area contributed by atoms with E-state index in [0.29, 0.717) is 61.3 Å². The number of carbonyl (C=O) groups is 2. The minimum Gasteiger partial charge on any atom is -0.365 e. The highest BCUT2D eigenvalue weighted by molar-refractivity contribution is 14.1. The molecule has 2 aliphatic heterocycles. The molecule has 4 aliphatic carbocycles. The van der Waals surface area contributed by atoms with E-state index >= 15 is 0 Å². The van der Waals surface area contributed by atoms with Crippen LogP contribution in [0.5, 0.6) is 0 Å². The lowest BCUT2D eigenvalue weighted by Gasteiger charge is -2.48. The monoisotopic (exact) mass is 753 g/mol. The van der Waals surface area contributed by atoms with Crippen molar-refractivity contribution in [3.63, 3.8) is 0 Å². The highest BCUT2D eigenvalue weighted by atomic mass is 127. The van der Waals surface area contributed by atoms with Crippen molar-refractivity contribution in [2.45, 2.75) is 110 Å². The molecule has 2 saturated carbocycles. The number of ketones is 1. The molecule has 2 heterocycles. The number of rotatable bonds is 7. The molecule has 0 radical (unpaired) electrons. The number of nitrogens with zero attached hydrogens (tertiary/aromatic N) is 3. The summed E-state index contributed by atoms with van der Waals surface area (Å²) in [7, 11) is 0. The highest BCUT2D eigenvalue weighted by Crippen LogP contribution is 2.65. The van der Waals surface area contributed by atoms with Crippen LogP contribution < -0.4 is 11.2 Å². The molecule has 1 aromatic rings. The molecule has 0 bridgehead atoms. The minimum atomic E-state index is -0.180. The molecule has 8 nitrogen and oxygen atoms in total. The fraction of sp³-hybridized carbons (Fsp3) is 0.684. The van der Waals surface area contributed by atoms with Crippen LogP contribution in [-0.4, -0.2) is 54.0 Å². The van der Waals surface area contributed by atoms with E-state index in [9.17, 15) is 9.59 Å². The second-order valence-electron chi connectivity index (χ2n) is 15.9. The van der Waals surface area contributed by atoms with E-state index < -0.39 is 0 Å². The van der Waals surface area contributed by atoms with E-state index in [-0.39, 0.29) is 23.0 Å². The number of likely N-dealkylation sites (tertiary alicyclic amines) is 1. The van der Waals surface area contributed by atoms with Crippen molar-refractivity contribution in [2.75, 3.05) is 19.6 Å². The summed E-state index contributed by atoms with van der Waals surface area (Å²) >= 11 is 2.23. The number of halogens is 1. The summed E-state index contributed by atoms with van der Waals surface area (Å²) in [5.41, 5.74) is 6.54. The summed E-state index contributed by atoms with van der Waals surface area (Å²) in [5.74, 6) is 8.69. The zero-order chi connectivity index (χ0) is 33.1. The van der Waals surface area contributed by atoms with Gasteiger partial charge in [-0.25, -0.2) is 0 Å². The number of ether oxygens (including phenoxy) is 1. The van der Waals surface area contributed by atoms with Crippen LogP contribution >= 0.6 is 22.6 Å². The molecule has 2 saturated heterocycles. The van der Waals surface area contributed by atoms with Gasteiger partial charge in [0.1, 0.15) is 5.69 Å². The van der Waals surface area contributed by atoms with Gasteiger partial charge in [-0.15, -0.1) is 5.11 Å². The Hall–Kier alpha value is -2.11. The van der Waals surface area contributed by atoms with Gasteiger partial charge in [-0.2, -0.15) is 0 Å². The number of allylic oxidation sites excluding steroid dienone is 3. The minimum absolute atomic E-state index is 0.0927. The average Bonchev–Trinajstić information content (AvgIpc) is 3.56. The van der Waals surface area contributed by atoms with Gasteiger partial charge in [0, 0.05) is 48.0 Å². The molecular weight excluding hydrogens is 701 g/mol. The third kappa shape index (κ3) is 5.83. The van der Waals surface area contributed by atoms with Crippen LogP contribution in [-0.2, 0) is 20.7 Å². The molecule has 254 valence electrons. The topological polar surface area (TPSA) is 109 Å². The van der Waals surface area contributed by atoms with Crippen LogP contribution in [0.1, 0.15) is 91.0 Å². The third-order valence-electron chi connectivity index (χ3n) is 13.5. The molecule has 1 amide bonds. The molecule has 0 aromatic heterocycles. The Labute approximate surface area is 293 Å². The van der Waals surface area contributed by atoms with Gasteiger partial charge in [0.25, 0.3) is 0 Å². The van der Waals surface area contributed by atoms with E-state index in [0.717, 1.165) is 59.5 Å². The van der Waals surface area contributed by atoms with Gasteiger partial charge in [0.2, 0.25) is 5.91 Å². The van der Waals surface area contributed by atoms with Gasteiger partial charge in [0.15, 0.2) is 5.78 Å². The molecule has 47 heavy (non-hydrogen) atoms. The van der Waals surface area contributed by atoms with Crippen LogP contribution in [0, 0.1) is 38.6 Å². The standard InChI is InChI=1S/C38H52IN5O3/c1-22-17-34-36(44(21-22)16-15-41-35(46)10-6-25-5-9-33(42-43-40)32(39)18-25)24(3)38(47-34)14-12-28-29-8-7-26-19-27(45)11-13-37(26,4)31(29)20-30(28)23(38)2/h5,9,18-19,22,24,28-29,31,34,36H,6-8,10-17,20-21H2,1-4H3,(H2,40,42)(H,41,46)/t22-,24+,28-,29-,31-,34+,36-,37-,38-/m0/s1. The van der Waals surface area contributed by atoms with E-state index in [1.807, 2.05) is 24.3 Å². The first kappa shape index (κ1) is 33.4. The van der Waals surface area contributed by atoms with Gasteiger partial charge in [-0.3, -0.25) is 14.5 Å². The van der Waals surface area contributed by atoms with Crippen LogP contribution in [0.15, 0.2) is 51.3 Å². The molecule has 6 aliphatic rings. The SMILES string of the molecule is CC1=C2C[C@H]3[C@@H](CCC4=CC(=O)CC[C@@]43C)[C@@H]2CC[C@]12O[C@@H]1C[C@H](C)CN(CCNC(=O)CCc3ccc(N=NN)c(I)c3)[C@H]1[C@H]2C. The first-order valence-corrected chi connectivity index (χ1v) is 19.1. The van der Waals surface area contributed by atoms with Crippen LogP contribution in [0.3, 0.4) is 0 Å². The van der Waals surface area contributed by atoms with Crippen molar-refractivity contribution >= 4 is 40.0 Å². The number of nitrogens with two attached hydrogens (primary N) is 1. The van der Waals surface area contributed by atoms with Crippen LogP contribution in [0.25, 0.3) is 0 Å². The number of hydrogen-bond donors (Lipinski definition) is 2. The molecule has 4 fully saturated rings. The van der Waals surface area contributed by atoms with Gasteiger partial charge >= 0.3 is 0 Å². The second kappa shape index (κ2) is 13.0. The maximum absolute atomic E-state index is 12.9. The summed E-state index contributed by atoms with van der Waals surface area (Å²) in [6, 6.07) is 6.31. The molecule has 9 atom stereocenters. The van der Waals surface area contributed by atoms with E-state index in [4.69, 9.17) is 10.6 Å². The number of piperidine rings is 1. The van der Waals surface area contributed by atoms with Crippen LogP contribution in [0.4, 0.5) is 5.69 Å². The fourth-order valence-electron chi connectivity index (χ4n) is 11.2. The smallest absolute Gasteiger partial charge is 0.220 e. The van der Waals surface area contributed by atoms with E-state index in [1.54, 1.807) is 11.1 Å². The molecule has 0 unspecified atom stereocenters. The van der Waals surface area contributed by atoms with Gasteiger partial charge in [-0.1, -0.05) is 43.2 Å². The van der Waals surface area contributed by atoms with Crippen molar-refractivity contribution in [2.24, 2.45) is 51.2 Å². The molecule has 1 spiro atoms. The number of fused-ring (bicyclic) bond motifs is 6. The Morgan fingerprint density at radius 2 is 2.04 bits per heavy atom. The summed E-state index contributed by atoms with van der Waals surface area (Å²) in [4.78, 5) is 27.8. The lowest BCUT2D eigenvalue weighted by atomic mass is 9.56. The number of nitrogens with one attached hydrogen (secondary N) is 1. The molecular formula is C38H52IN5O3. The van der Waals surface area contributed by atoms with Crippen molar-refractivity contribution in [1.29, 1.82) is 0 Å². The third-order valence-corrected chi connectivity index (χ3v) is 14.4. The van der Waals surface area contributed by atoms with Crippen molar-refractivity contribution in [3.8, 4) is 0 Å². The lowest BCUT2D eigenvalue weighted by molar-refractivity contribution is -0.121. The number of benzene rings is 1. The second-order valence-corrected chi connectivity index (χ2v) is 17.0. The summed E-state index contributed by atoms with van der Waals surface area (Å²) in [5, 5.41) is 10.5. The highest BCUT2D eigenvalue weighted by Gasteiger charge is 2.61. The maximum atomic E-state index is 12.9.